The van der Waals surface area contributed by atoms with Crippen LogP contribution in [0.5, 0.6) is 0 Å². The molecule has 1 aromatic heterocycles. The minimum Gasteiger partial charge on any atom is -0.370 e. The minimum absolute atomic E-state index is 0.890. The van der Waals surface area contributed by atoms with Crippen molar-refractivity contribution >= 4 is 5.82 Å². The second kappa shape index (κ2) is 4.72. The summed E-state index contributed by atoms with van der Waals surface area (Å²) >= 11 is 0. The van der Waals surface area contributed by atoms with Crippen molar-refractivity contribution in [2.24, 2.45) is 0 Å². The van der Waals surface area contributed by atoms with Gasteiger partial charge in [-0.2, -0.15) is 0 Å². The number of aromatic nitrogens is 1. The maximum atomic E-state index is 4.17. The van der Waals surface area contributed by atoms with Gasteiger partial charge in [-0.1, -0.05) is 0 Å². The Hall–Kier alpha value is -1.09. The second-order valence-electron chi connectivity index (χ2n) is 2.61. The van der Waals surface area contributed by atoms with E-state index in [4.69, 9.17) is 0 Å². The Balaban J connectivity index is 2.67. The van der Waals surface area contributed by atoms with E-state index in [0.29, 0.717) is 0 Å². The first-order chi connectivity index (χ1) is 5.86. The average Bonchev–Trinajstić information content (AvgIpc) is 2.06. The summed E-state index contributed by atoms with van der Waals surface area (Å²) in [5.74, 6) is 0.949. The van der Waals surface area contributed by atoms with Gasteiger partial charge in [-0.15, -0.1) is 0 Å². The van der Waals surface area contributed by atoms with Crippen LogP contribution >= 0.6 is 0 Å². The Morgan fingerprint density at radius 1 is 1.50 bits per heavy atom. The van der Waals surface area contributed by atoms with E-state index in [0.717, 1.165) is 18.9 Å². The average molecular weight is 165 g/mol. The van der Waals surface area contributed by atoms with Crippen molar-refractivity contribution in [3.63, 3.8) is 0 Å². The molecule has 0 amide bonds. The molecule has 1 heterocycles. The minimum atomic E-state index is 0.890. The van der Waals surface area contributed by atoms with Crippen molar-refractivity contribution in [3.8, 4) is 0 Å². The molecule has 0 bridgehead atoms. The molecule has 0 fully saturated rings. The lowest BCUT2D eigenvalue weighted by Gasteiger charge is -2.04. The molecule has 1 rings (SSSR count). The first-order valence-corrected chi connectivity index (χ1v) is 4.20. The monoisotopic (exact) mass is 165 g/mol. The van der Waals surface area contributed by atoms with Gasteiger partial charge in [-0.25, -0.2) is 4.98 Å². The summed E-state index contributed by atoms with van der Waals surface area (Å²) < 4.78 is 0. The fourth-order valence-corrected chi connectivity index (χ4v) is 1.07. The lowest BCUT2D eigenvalue weighted by molar-refractivity contribution is 0.816. The van der Waals surface area contributed by atoms with Gasteiger partial charge in [0.15, 0.2) is 0 Å². The first kappa shape index (κ1) is 9.00. The van der Waals surface area contributed by atoms with Crippen molar-refractivity contribution in [1.29, 1.82) is 0 Å². The van der Waals surface area contributed by atoms with Crippen LogP contribution in [0, 0.1) is 0 Å². The SMILES string of the molecule is CCNc1cc(CNC)ccn1. The van der Waals surface area contributed by atoms with Crippen LogP contribution < -0.4 is 10.6 Å². The largest absolute Gasteiger partial charge is 0.370 e. The molecule has 0 aliphatic heterocycles. The van der Waals surface area contributed by atoms with Crippen molar-refractivity contribution in [3.05, 3.63) is 23.9 Å². The van der Waals surface area contributed by atoms with E-state index in [1.807, 2.05) is 19.3 Å². The number of nitrogens with one attached hydrogen (secondary N) is 2. The van der Waals surface area contributed by atoms with Crippen LogP contribution in [0.1, 0.15) is 12.5 Å². The van der Waals surface area contributed by atoms with Crippen LogP contribution in [0.15, 0.2) is 18.3 Å². The predicted molar refractivity (Wildman–Crippen MR) is 51.2 cm³/mol. The Morgan fingerprint density at radius 3 is 3.00 bits per heavy atom. The first-order valence-electron chi connectivity index (χ1n) is 4.20. The van der Waals surface area contributed by atoms with Gasteiger partial charge in [-0.3, -0.25) is 0 Å². The van der Waals surface area contributed by atoms with Crippen molar-refractivity contribution in [2.75, 3.05) is 18.9 Å². The summed E-state index contributed by atoms with van der Waals surface area (Å²) in [5, 5.41) is 6.27. The molecule has 0 radical (unpaired) electrons. The molecule has 2 N–H and O–H groups in total. The lowest BCUT2D eigenvalue weighted by Crippen LogP contribution is -2.06. The summed E-state index contributed by atoms with van der Waals surface area (Å²) in [4.78, 5) is 4.17. The number of pyridine rings is 1. The van der Waals surface area contributed by atoms with Gasteiger partial charge in [0.2, 0.25) is 0 Å². The van der Waals surface area contributed by atoms with E-state index in [1.165, 1.54) is 5.56 Å². The highest BCUT2D eigenvalue weighted by atomic mass is 15.0. The normalized spacial score (nSPS) is 9.83. The van der Waals surface area contributed by atoms with Crippen LogP contribution in [-0.4, -0.2) is 18.6 Å². The Kier molecular flexibility index (Phi) is 3.54. The highest BCUT2D eigenvalue weighted by Crippen LogP contribution is 2.05. The van der Waals surface area contributed by atoms with E-state index in [9.17, 15) is 0 Å². The van der Waals surface area contributed by atoms with Crippen LogP contribution in [0.2, 0.25) is 0 Å². The van der Waals surface area contributed by atoms with Crippen molar-refractivity contribution < 1.29 is 0 Å². The molecule has 0 aliphatic carbocycles. The third-order valence-corrected chi connectivity index (χ3v) is 1.56. The van der Waals surface area contributed by atoms with Crippen molar-refractivity contribution in [1.82, 2.24) is 10.3 Å². The van der Waals surface area contributed by atoms with Gasteiger partial charge in [-0.05, 0) is 31.7 Å². The third-order valence-electron chi connectivity index (χ3n) is 1.56. The fourth-order valence-electron chi connectivity index (χ4n) is 1.07. The lowest BCUT2D eigenvalue weighted by atomic mass is 10.2. The molecule has 0 atom stereocenters. The van der Waals surface area contributed by atoms with E-state index < -0.39 is 0 Å². The molecule has 66 valence electrons. The zero-order chi connectivity index (χ0) is 8.81. The molecular formula is C9H15N3. The van der Waals surface area contributed by atoms with Gasteiger partial charge in [0.05, 0.1) is 0 Å². The summed E-state index contributed by atoms with van der Waals surface area (Å²) in [6.45, 7) is 3.86. The molecule has 3 nitrogen and oxygen atoms in total. The van der Waals surface area contributed by atoms with Crippen LogP contribution in [0.3, 0.4) is 0 Å². The number of hydrogen-bond acceptors (Lipinski definition) is 3. The summed E-state index contributed by atoms with van der Waals surface area (Å²) in [7, 11) is 1.94. The molecule has 0 saturated heterocycles. The van der Waals surface area contributed by atoms with Crippen LogP contribution in [0.25, 0.3) is 0 Å². The fraction of sp³-hybridized carbons (Fsp3) is 0.444. The maximum absolute atomic E-state index is 4.17. The van der Waals surface area contributed by atoms with E-state index >= 15 is 0 Å². The quantitative estimate of drug-likeness (QED) is 0.704. The van der Waals surface area contributed by atoms with Gasteiger partial charge >= 0.3 is 0 Å². The predicted octanol–water partition coefficient (Wildman–Crippen LogP) is 1.23. The highest BCUT2D eigenvalue weighted by molar-refractivity contribution is 5.37. The molecule has 0 unspecified atom stereocenters. The van der Waals surface area contributed by atoms with Crippen LogP contribution in [-0.2, 0) is 6.54 Å². The van der Waals surface area contributed by atoms with Gasteiger partial charge in [0.25, 0.3) is 0 Å². The summed E-state index contributed by atoms with van der Waals surface area (Å²) in [5.41, 5.74) is 1.25. The molecule has 0 aliphatic rings. The number of rotatable bonds is 4. The smallest absolute Gasteiger partial charge is 0.126 e. The molecule has 3 heteroatoms. The molecule has 0 aromatic carbocycles. The van der Waals surface area contributed by atoms with E-state index in [1.54, 1.807) is 0 Å². The van der Waals surface area contributed by atoms with Crippen molar-refractivity contribution in [2.45, 2.75) is 13.5 Å². The number of nitrogens with zero attached hydrogens (tertiary/aromatic N) is 1. The Bertz CT molecular complexity index is 214. The molecular weight excluding hydrogens is 150 g/mol. The highest BCUT2D eigenvalue weighted by Gasteiger charge is 1.93. The summed E-state index contributed by atoms with van der Waals surface area (Å²) in [6.07, 6.45) is 1.82. The zero-order valence-electron chi connectivity index (χ0n) is 7.59. The maximum Gasteiger partial charge on any atom is 0.126 e. The van der Waals surface area contributed by atoms with E-state index in [2.05, 4.69) is 28.6 Å². The van der Waals surface area contributed by atoms with Gasteiger partial charge in [0.1, 0.15) is 5.82 Å². The van der Waals surface area contributed by atoms with Crippen LogP contribution in [0.4, 0.5) is 5.82 Å². The standard InChI is InChI=1S/C9H15N3/c1-3-11-9-6-8(7-10-2)4-5-12-9/h4-6,10H,3,7H2,1-2H3,(H,11,12). The van der Waals surface area contributed by atoms with Gasteiger partial charge < -0.3 is 10.6 Å². The molecule has 12 heavy (non-hydrogen) atoms. The second-order valence-corrected chi connectivity index (χ2v) is 2.61. The van der Waals surface area contributed by atoms with Gasteiger partial charge in [0, 0.05) is 19.3 Å². The number of anilines is 1. The summed E-state index contributed by atoms with van der Waals surface area (Å²) in [6, 6.07) is 4.07. The Labute approximate surface area is 73.2 Å². The molecule has 0 saturated carbocycles. The number of hydrogen-bond donors (Lipinski definition) is 2. The van der Waals surface area contributed by atoms with E-state index in [-0.39, 0.29) is 0 Å². The Morgan fingerprint density at radius 2 is 2.33 bits per heavy atom. The molecule has 1 aromatic rings. The topological polar surface area (TPSA) is 37.0 Å². The zero-order valence-corrected chi connectivity index (χ0v) is 7.59. The molecule has 0 spiro atoms. The third kappa shape index (κ3) is 2.51.